The summed E-state index contributed by atoms with van der Waals surface area (Å²) in [6.45, 7) is 3.03. The van der Waals surface area contributed by atoms with Crippen LogP contribution < -0.4 is 5.32 Å². The molecule has 0 saturated heterocycles. The molecule has 2 nitrogen and oxygen atoms in total. The van der Waals surface area contributed by atoms with Crippen molar-refractivity contribution in [1.82, 2.24) is 5.32 Å². The first-order valence-corrected chi connectivity index (χ1v) is 7.04. The van der Waals surface area contributed by atoms with Crippen LogP contribution in [0.4, 0.5) is 0 Å². The van der Waals surface area contributed by atoms with Gasteiger partial charge in [-0.3, -0.25) is 0 Å². The largest absolute Gasteiger partial charge is 0.383 e. The number of rotatable bonds is 5. The van der Waals surface area contributed by atoms with Gasteiger partial charge in [-0.2, -0.15) is 0 Å². The summed E-state index contributed by atoms with van der Waals surface area (Å²) in [5.74, 6) is 0. The lowest BCUT2D eigenvalue weighted by molar-refractivity contribution is 0.156. The fourth-order valence-corrected chi connectivity index (χ4v) is 3.42. The van der Waals surface area contributed by atoms with Crippen LogP contribution in [0.2, 0.25) is 0 Å². The maximum Gasteiger partial charge on any atom is 0.0615 e. The average Bonchev–Trinajstić information content (AvgIpc) is 2.77. The molecule has 0 spiro atoms. The van der Waals surface area contributed by atoms with Gasteiger partial charge in [-0.1, -0.05) is 6.92 Å². The van der Waals surface area contributed by atoms with Gasteiger partial charge in [0.2, 0.25) is 0 Å². The molecule has 2 atom stereocenters. The Hall–Kier alpha value is -0.380. The number of fused-ring (bicyclic) bond motifs is 1. The van der Waals surface area contributed by atoms with Gasteiger partial charge in [-0.15, -0.1) is 11.3 Å². The topological polar surface area (TPSA) is 21.3 Å². The number of nitrogens with one attached hydrogen (secondary N) is 1. The standard InChI is InChI=1S/C13H21NOS/c1-3-10(9-15-2)14-12-5-4-6-13-11(12)7-8-16-13/h7-8,10,12,14H,3-6,9H2,1-2H3. The number of hydrogen-bond donors (Lipinski definition) is 1. The lowest BCUT2D eigenvalue weighted by Gasteiger charge is -2.28. The summed E-state index contributed by atoms with van der Waals surface area (Å²) in [5, 5.41) is 5.95. The highest BCUT2D eigenvalue weighted by atomic mass is 32.1. The second-order valence-corrected chi connectivity index (χ2v) is 5.47. The van der Waals surface area contributed by atoms with E-state index >= 15 is 0 Å². The van der Waals surface area contributed by atoms with E-state index in [2.05, 4.69) is 23.7 Å². The van der Waals surface area contributed by atoms with E-state index in [4.69, 9.17) is 4.74 Å². The quantitative estimate of drug-likeness (QED) is 0.852. The van der Waals surface area contributed by atoms with E-state index < -0.39 is 0 Å². The molecular weight excluding hydrogens is 218 g/mol. The number of methoxy groups -OCH3 is 1. The third-order valence-electron chi connectivity index (χ3n) is 3.35. The molecular formula is C13H21NOS. The lowest BCUT2D eigenvalue weighted by Crippen LogP contribution is -2.36. The molecule has 16 heavy (non-hydrogen) atoms. The van der Waals surface area contributed by atoms with Crippen LogP contribution in [0.3, 0.4) is 0 Å². The Kier molecular flexibility index (Phi) is 4.38. The molecule has 0 aromatic carbocycles. The van der Waals surface area contributed by atoms with Gasteiger partial charge < -0.3 is 10.1 Å². The Balaban J connectivity index is 2.01. The minimum atomic E-state index is 0.487. The Labute approximate surface area is 102 Å². The van der Waals surface area contributed by atoms with Gasteiger partial charge in [0.1, 0.15) is 0 Å². The molecule has 0 aliphatic heterocycles. The summed E-state index contributed by atoms with van der Waals surface area (Å²) in [7, 11) is 1.78. The molecule has 2 unspecified atom stereocenters. The minimum Gasteiger partial charge on any atom is -0.383 e. The van der Waals surface area contributed by atoms with Crippen molar-refractivity contribution >= 4 is 11.3 Å². The number of hydrogen-bond acceptors (Lipinski definition) is 3. The van der Waals surface area contributed by atoms with Gasteiger partial charge in [0.05, 0.1) is 6.61 Å². The highest BCUT2D eigenvalue weighted by Crippen LogP contribution is 2.33. The molecule has 1 N–H and O–H groups in total. The summed E-state index contributed by atoms with van der Waals surface area (Å²) in [5.41, 5.74) is 1.53. The van der Waals surface area contributed by atoms with E-state index in [9.17, 15) is 0 Å². The zero-order valence-electron chi connectivity index (χ0n) is 10.2. The van der Waals surface area contributed by atoms with Crippen LogP contribution in [0.1, 0.15) is 42.7 Å². The molecule has 1 aromatic rings. The summed E-state index contributed by atoms with van der Waals surface area (Å²) in [6, 6.07) is 3.33. The zero-order valence-corrected chi connectivity index (χ0v) is 11.0. The smallest absolute Gasteiger partial charge is 0.0615 e. The first-order chi connectivity index (χ1) is 7.85. The monoisotopic (exact) mass is 239 g/mol. The minimum absolute atomic E-state index is 0.487. The van der Waals surface area contributed by atoms with Crippen LogP contribution in [0.5, 0.6) is 0 Å². The van der Waals surface area contributed by atoms with E-state index in [0.29, 0.717) is 12.1 Å². The van der Waals surface area contributed by atoms with Gasteiger partial charge in [0.15, 0.2) is 0 Å². The van der Waals surface area contributed by atoms with Gasteiger partial charge in [-0.25, -0.2) is 0 Å². The van der Waals surface area contributed by atoms with Crippen LogP contribution in [0.15, 0.2) is 11.4 Å². The van der Waals surface area contributed by atoms with E-state index in [-0.39, 0.29) is 0 Å². The van der Waals surface area contributed by atoms with Crippen LogP contribution in [0, 0.1) is 0 Å². The molecule has 2 rings (SSSR count). The third-order valence-corrected chi connectivity index (χ3v) is 4.35. The van der Waals surface area contributed by atoms with Crippen LogP contribution in [-0.4, -0.2) is 19.8 Å². The maximum atomic E-state index is 5.25. The molecule has 0 fully saturated rings. The van der Waals surface area contributed by atoms with Crippen molar-refractivity contribution in [3.05, 3.63) is 21.9 Å². The van der Waals surface area contributed by atoms with Crippen LogP contribution in [-0.2, 0) is 11.2 Å². The summed E-state index contributed by atoms with van der Waals surface area (Å²) >= 11 is 1.91. The molecule has 1 aliphatic carbocycles. The molecule has 3 heteroatoms. The molecule has 1 aliphatic rings. The summed E-state index contributed by atoms with van der Waals surface area (Å²) in [6.07, 6.45) is 4.98. The molecule has 0 radical (unpaired) electrons. The van der Waals surface area contributed by atoms with Crippen molar-refractivity contribution < 1.29 is 4.74 Å². The van der Waals surface area contributed by atoms with Crippen molar-refractivity contribution in [2.45, 2.75) is 44.7 Å². The molecule has 0 amide bonds. The summed E-state index contributed by atoms with van der Waals surface area (Å²) < 4.78 is 5.25. The molecule has 1 heterocycles. The summed E-state index contributed by atoms with van der Waals surface area (Å²) in [4.78, 5) is 1.58. The van der Waals surface area contributed by atoms with Gasteiger partial charge >= 0.3 is 0 Å². The lowest BCUT2D eigenvalue weighted by atomic mass is 9.93. The van der Waals surface area contributed by atoms with E-state index in [0.717, 1.165) is 13.0 Å². The molecule has 0 saturated carbocycles. The Morgan fingerprint density at radius 3 is 3.25 bits per heavy atom. The molecule has 1 aromatic heterocycles. The van der Waals surface area contributed by atoms with Crippen molar-refractivity contribution in [2.75, 3.05) is 13.7 Å². The first kappa shape index (κ1) is 12.1. The highest BCUT2D eigenvalue weighted by molar-refractivity contribution is 7.10. The van der Waals surface area contributed by atoms with Gasteiger partial charge in [0.25, 0.3) is 0 Å². The van der Waals surface area contributed by atoms with Crippen molar-refractivity contribution in [2.24, 2.45) is 0 Å². The Morgan fingerprint density at radius 2 is 2.50 bits per heavy atom. The fourth-order valence-electron chi connectivity index (χ4n) is 2.43. The number of thiophene rings is 1. The number of ether oxygens (including phenoxy) is 1. The predicted octanol–water partition coefficient (Wildman–Crippen LogP) is 3.14. The zero-order chi connectivity index (χ0) is 11.4. The van der Waals surface area contributed by atoms with Crippen LogP contribution >= 0.6 is 11.3 Å². The molecule has 0 bridgehead atoms. The number of aryl methyl sites for hydroxylation is 1. The second-order valence-electron chi connectivity index (χ2n) is 4.47. The Morgan fingerprint density at radius 1 is 1.62 bits per heavy atom. The van der Waals surface area contributed by atoms with Crippen molar-refractivity contribution in [3.63, 3.8) is 0 Å². The normalized spacial score (nSPS) is 21.8. The van der Waals surface area contributed by atoms with Crippen molar-refractivity contribution in [3.8, 4) is 0 Å². The fraction of sp³-hybridized carbons (Fsp3) is 0.692. The molecule has 90 valence electrons. The van der Waals surface area contributed by atoms with Gasteiger partial charge in [-0.05, 0) is 42.7 Å². The Bertz CT molecular complexity index is 323. The van der Waals surface area contributed by atoms with Gasteiger partial charge in [0, 0.05) is 24.1 Å². The highest BCUT2D eigenvalue weighted by Gasteiger charge is 2.22. The second kappa shape index (κ2) is 5.80. The third kappa shape index (κ3) is 2.65. The van der Waals surface area contributed by atoms with E-state index in [1.54, 1.807) is 12.0 Å². The van der Waals surface area contributed by atoms with E-state index in [1.807, 2.05) is 11.3 Å². The average molecular weight is 239 g/mol. The van der Waals surface area contributed by atoms with Crippen LogP contribution in [0.25, 0.3) is 0 Å². The first-order valence-electron chi connectivity index (χ1n) is 6.16. The van der Waals surface area contributed by atoms with E-state index in [1.165, 1.54) is 24.8 Å². The van der Waals surface area contributed by atoms with Crippen molar-refractivity contribution in [1.29, 1.82) is 0 Å². The predicted molar refractivity (Wildman–Crippen MR) is 69.1 cm³/mol. The maximum absolute atomic E-state index is 5.25. The SMILES string of the molecule is CCC(COC)NC1CCCc2sccc21.